The van der Waals surface area contributed by atoms with Gasteiger partial charge < -0.3 is 24.1 Å². The summed E-state index contributed by atoms with van der Waals surface area (Å²) >= 11 is 0. The maximum absolute atomic E-state index is 13.6. The SMILES string of the molecule is CC(C)(C)OC(=O)Nc1cc(OC(F)(F)F)ccc1C(=O)N1CCC(c2ccnc3[nH]c(C4CCOCC4)nc23)CC1. The van der Waals surface area contributed by atoms with E-state index in [2.05, 4.69) is 20.0 Å². The Morgan fingerprint density at radius 3 is 2.43 bits per heavy atom. The molecule has 0 radical (unpaired) electrons. The van der Waals surface area contributed by atoms with Gasteiger partial charge in [-0.2, -0.15) is 0 Å². The van der Waals surface area contributed by atoms with E-state index in [-0.39, 0.29) is 17.2 Å². The third-order valence-corrected chi connectivity index (χ3v) is 7.35. The van der Waals surface area contributed by atoms with Gasteiger partial charge in [0.25, 0.3) is 5.91 Å². The fourth-order valence-corrected chi connectivity index (χ4v) is 5.43. The van der Waals surface area contributed by atoms with Crippen molar-refractivity contribution >= 4 is 28.9 Å². The second-order valence-electron chi connectivity index (χ2n) is 11.6. The van der Waals surface area contributed by atoms with Gasteiger partial charge in [0.1, 0.15) is 22.7 Å². The number of hydrogen-bond donors (Lipinski definition) is 2. The number of nitrogens with one attached hydrogen (secondary N) is 2. The average molecular weight is 590 g/mol. The molecule has 0 saturated carbocycles. The van der Waals surface area contributed by atoms with Gasteiger partial charge in [0.2, 0.25) is 0 Å². The van der Waals surface area contributed by atoms with Crippen molar-refractivity contribution in [3.8, 4) is 5.75 Å². The van der Waals surface area contributed by atoms with Crippen LogP contribution in [-0.4, -0.2) is 70.1 Å². The molecule has 2 aliphatic heterocycles. The van der Waals surface area contributed by atoms with Crippen LogP contribution in [0.1, 0.15) is 80.0 Å². The van der Waals surface area contributed by atoms with E-state index >= 15 is 0 Å². The van der Waals surface area contributed by atoms with E-state index in [0.29, 0.717) is 45.1 Å². The fraction of sp³-hybridized carbons (Fsp3) is 0.517. The lowest BCUT2D eigenvalue weighted by Gasteiger charge is -2.32. The summed E-state index contributed by atoms with van der Waals surface area (Å²) in [5.74, 6) is 0.386. The first kappa shape index (κ1) is 29.6. The lowest BCUT2D eigenvalue weighted by molar-refractivity contribution is -0.274. The Morgan fingerprint density at radius 1 is 1.05 bits per heavy atom. The van der Waals surface area contributed by atoms with Gasteiger partial charge in [-0.05, 0) is 76.1 Å². The molecule has 2 fully saturated rings. The standard InChI is InChI=1S/C29H34F3N5O5/c1-28(2,3)42-27(39)34-22-16-19(41-29(30,31)32)4-5-21(22)26(38)37-12-7-17(8-13-37)20-6-11-33-25-23(20)35-24(36-25)18-9-14-40-15-10-18/h4-6,11,16-18H,7-10,12-15H2,1-3H3,(H,34,39)(H,33,35,36). The number of carbonyl (C=O) groups excluding carboxylic acids is 2. The summed E-state index contributed by atoms with van der Waals surface area (Å²) in [5.41, 5.74) is 1.70. The number of benzene rings is 1. The van der Waals surface area contributed by atoms with Crippen molar-refractivity contribution in [3.05, 3.63) is 47.4 Å². The van der Waals surface area contributed by atoms with E-state index < -0.39 is 29.7 Å². The molecule has 226 valence electrons. The van der Waals surface area contributed by atoms with Gasteiger partial charge >= 0.3 is 12.5 Å². The molecule has 3 aromatic rings. The highest BCUT2D eigenvalue weighted by Gasteiger charge is 2.33. The highest BCUT2D eigenvalue weighted by atomic mass is 19.4. The maximum atomic E-state index is 13.6. The molecule has 2 saturated heterocycles. The number of carbonyl (C=O) groups is 2. The summed E-state index contributed by atoms with van der Waals surface area (Å²) < 4.78 is 53.3. The van der Waals surface area contributed by atoms with Gasteiger partial charge in [-0.1, -0.05) is 0 Å². The number of aromatic nitrogens is 3. The molecule has 2 aromatic heterocycles. The predicted molar refractivity (Wildman–Crippen MR) is 148 cm³/mol. The monoisotopic (exact) mass is 589 g/mol. The Labute approximate surface area is 240 Å². The number of amides is 2. The van der Waals surface area contributed by atoms with Crippen LogP contribution in [0.15, 0.2) is 30.5 Å². The summed E-state index contributed by atoms with van der Waals surface area (Å²) in [7, 11) is 0. The lowest BCUT2D eigenvalue weighted by Crippen LogP contribution is -2.38. The first-order valence-corrected chi connectivity index (χ1v) is 14.0. The smallest absolute Gasteiger partial charge is 0.444 e. The molecule has 5 rings (SSSR count). The molecule has 2 amide bonds. The van der Waals surface area contributed by atoms with Crippen molar-refractivity contribution in [3.63, 3.8) is 0 Å². The molecule has 2 N–H and O–H groups in total. The number of anilines is 1. The van der Waals surface area contributed by atoms with Crippen molar-refractivity contribution in [1.29, 1.82) is 0 Å². The summed E-state index contributed by atoms with van der Waals surface area (Å²) in [6, 6.07) is 5.21. The highest BCUT2D eigenvalue weighted by Crippen LogP contribution is 2.35. The number of piperidine rings is 1. The molecular formula is C29H34F3N5O5. The maximum Gasteiger partial charge on any atom is 0.573 e. The number of H-pyrrole nitrogens is 1. The minimum atomic E-state index is -4.94. The molecule has 1 aromatic carbocycles. The predicted octanol–water partition coefficient (Wildman–Crippen LogP) is 6.12. The van der Waals surface area contributed by atoms with Crippen molar-refractivity contribution in [2.45, 2.75) is 70.3 Å². The van der Waals surface area contributed by atoms with Gasteiger partial charge in [-0.3, -0.25) is 10.1 Å². The number of alkyl halides is 3. The first-order chi connectivity index (χ1) is 19.9. The average Bonchev–Trinajstić information content (AvgIpc) is 3.36. The molecule has 13 heteroatoms. The number of halogens is 3. The van der Waals surface area contributed by atoms with Crippen molar-refractivity contribution in [2.75, 3.05) is 31.6 Å². The number of likely N-dealkylation sites (tertiary alicyclic amines) is 1. The van der Waals surface area contributed by atoms with Crippen LogP contribution in [0.25, 0.3) is 11.2 Å². The van der Waals surface area contributed by atoms with Crippen LogP contribution in [0.4, 0.5) is 23.7 Å². The van der Waals surface area contributed by atoms with Gasteiger partial charge in [-0.15, -0.1) is 13.2 Å². The Kier molecular flexibility index (Phi) is 8.31. The van der Waals surface area contributed by atoms with Crippen LogP contribution in [-0.2, 0) is 9.47 Å². The van der Waals surface area contributed by atoms with E-state index in [0.717, 1.165) is 47.5 Å². The molecule has 0 bridgehead atoms. The highest BCUT2D eigenvalue weighted by molar-refractivity contribution is 6.03. The fourth-order valence-electron chi connectivity index (χ4n) is 5.43. The van der Waals surface area contributed by atoms with E-state index in [4.69, 9.17) is 14.5 Å². The van der Waals surface area contributed by atoms with Crippen LogP contribution in [0.3, 0.4) is 0 Å². The minimum Gasteiger partial charge on any atom is -0.444 e. The molecule has 0 spiro atoms. The van der Waals surface area contributed by atoms with Crippen molar-refractivity contribution < 1.29 is 37.0 Å². The Hall–Kier alpha value is -3.87. The summed E-state index contributed by atoms with van der Waals surface area (Å²) in [6.07, 6.45) is -0.939. The van der Waals surface area contributed by atoms with Gasteiger partial charge in [0.05, 0.1) is 11.3 Å². The molecule has 10 nitrogen and oxygen atoms in total. The second kappa shape index (κ2) is 11.8. The number of fused-ring (bicyclic) bond motifs is 1. The molecule has 4 heterocycles. The number of imidazole rings is 1. The van der Waals surface area contributed by atoms with E-state index in [9.17, 15) is 22.8 Å². The van der Waals surface area contributed by atoms with Crippen molar-refractivity contribution in [2.24, 2.45) is 0 Å². The summed E-state index contributed by atoms with van der Waals surface area (Å²) in [6.45, 7) is 7.20. The zero-order valence-electron chi connectivity index (χ0n) is 23.7. The van der Waals surface area contributed by atoms with E-state index in [1.807, 2.05) is 6.07 Å². The number of pyridine rings is 1. The van der Waals surface area contributed by atoms with Gasteiger partial charge in [-0.25, -0.2) is 14.8 Å². The summed E-state index contributed by atoms with van der Waals surface area (Å²) in [5, 5.41) is 2.41. The van der Waals surface area contributed by atoms with Crippen LogP contribution < -0.4 is 10.1 Å². The topological polar surface area (TPSA) is 119 Å². The Balaban J connectivity index is 1.31. The molecule has 42 heavy (non-hydrogen) atoms. The van der Waals surface area contributed by atoms with E-state index in [1.54, 1.807) is 31.9 Å². The zero-order chi connectivity index (χ0) is 30.1. The van der Waals surface area contributed by atoms with Crippen LogP contribution >= 0.6 is 0 Å². The summed E-state index contributed by atoms with van der Waals surface area (Å²) in [4.78, 5) is 40.4. The number of nitrogens with zero attached hydrogens (tertiary/aromatic N) is 3. The number of ether oxygens (including phenoxy) is 3. The quantitative estimate of drug-likeness (QED) is 0.368. The second-order valence-corrected chi connectivity index (χ2v) is 11.6. The third kappa shape index (κ3) is 7.12. The number of aromatic amines is 1. The Bertz CT molecular complexity index is 1440. The van der Waals surface area contributed by atoms with E-state index in [1.165, 1.54) is 6.07 Å². The molecule has 0 aliphatic carbocycles. The van der Waals surface area contributed by atoms with Crippen LogP contribution in [0.5, 0.6) is 5.75 Å². The van der Waals surface area contributed by atoms with Crippen molar-refractivity contribution in [1.82, 2.24) is 19.9 Å². The molecule has 2 aliphatic rings. The van der Waals surface area contributed by atoms with Gasteiger partial charge in [0.15, 0.2) is 5.65 Å². The molecule has 0 unspecified atom stereocenters. The number of hydrogen-bond acceptors (Lipinski definition) is 7. The Morgan fingerprint density at radius 2 is 1.76 bits per heavy atom. The zero-order valence-corrected chi connectivity index (χ0v) is 23.7. The molecular weight excluding hydrogens is 555 g/mol. The lowest BCUT2D eigenvalue weighted by atomic mass is 9.89. The minimum absolute atomic E-state index is 0.0357. The van der Waals surface area contributed by atoms with Crippen LogP contribution in [0.2, 0.25) is 0 Å². The third-order valence-electron chi connectivity index (χ3n) is 7.35. The normalized spacial score (nSPS) is 17.3. The first-order valence-electron chi connectivity index (χ1n) is 14.0. The molecule has 0 atom stereocenters. The van der Waals surface area contributed by atoms with Gasteiger partial charge in [0, 0.05) is 44.5 Å². The largest absolute Gasteiger partial charge is 0.573 e. The number of rotatable bonds is 5. The van der Waals surface area contributed by atoms with Crippen LogP contribution in [0, 0.1) is 0 Å².